The van der Waals surface area contributed by atoms with Crippen molar-refractivity contribution in [1.29, 1.82) is 0 Å². The van der Waals surface area contributed by atoms with E-state index in [4.69, 9.17) is 9.47 Å². The van der Waals surface area contributed by atoms with Gasteiger partial charge < -0.3 is 20.1 Å². The molecule has 5 nitrogen and oxygen atoms in total. The van der Waals surface area contributed by atoms with E-state index in [0.717, 1.165) is 30.2 Å². The number of methoxy groups -OCH3 is 2. The van der Waals surface area contributed by atoms with Crippen LogP contribution in [-0.4, -0.2) is 33.2 Å². The third-order valence-electron chi connectivity index (χ3n) is 3.65. The molecule has 2 rings (SSSR count). The maximum atomic E-state index is 11.9. The highest BCUT2D eigenvalue weighted by atomic mass is 16.5. The first-order chi connectivity index (χ1) is 11.7. The fraction of sp³-hybridized carbons (Fsp3) is 0.316. The van der Waals surface area contributed by atoms with Gasteiger partial charge in [-0.05, 0) is 54.9 Å². The molecule has 0 saturated heterocycles. The predicted molar refractivity (Wildman–Crippen MR) is 95.8 cm³/mol. The fourth-order valence-corrected chi connectivity index (χ4v) is 2.25. The molecule has 0 aromatic heterocycles. The molecule has 2 aromatic carbocycles. The van der Waals surface area contributed by atoms with Gasteiger partial charge in [0.1, 0.15) is 11.5 Å². The van der Waals surface area contributed by atoms with Crippen LogP contribution in [0.15, 0.2) is 48.5 Å². The molecule has 2 N–H and O–H groups in total. The van der Waals surface area contributed by atoms with Gasteiger partial charge in [0.2, 0.25) is 5.91 Å². The minimum Gasteiger partial charge on any atom is -0.497 e. The summed E-state index contributed by atoms with van der Waals surface area (Å²) in [6.45, 7) is 1.49. The molecule has 24 heavy (non-hydrogen) atoms. The number of rotatable bonds is 9. The van der Waals surface area contributed by atoms with Crippen molar-refractivity contribution < 1.29 is 14.3 Å². The van der Waals surface area contributed by atoms with E-state index >= 15 is 0 Å². The average molecular weight is 328 g/mol. The zero-order valence-electron chi connectivity index (χ0n) is 14.2. The van der Waals surface area contributed by atoms with Crippen LogP contribution in [0.4, 0.5) is 5.69 Å². The Balaban J connectivity index is 1.61. The molecule has 0 fully saturated rings. The molecule has 0 spiro atoms. The minimum absolute atomic E-state index is 0.00267. The number of amides is 1. The summed E-state index contributed by atoms with van der Waals surface area (Å²) in [6, 6.07) is 15.3. The molecule has 0 aliphatic rings. The van der Waals surface area contributed by atoms with E-state index in [-0.39, 0.29) is 5.91 Å². The van der Waals surface area contributed by atoms with Crippen molar-refractivity contribution in [3.05, 3.63) is 54.1 Å². The number of carbonyl (C=O) groups excluding carboxylic acids is 1. The number of hydrogen-bond acceptors (Lipinski definition) is 4. The van der Waals surface area contributed by atoms with E-state index in [2.05, 4.69) is 22.8 Å². The molecule has 5 heteroatoms. The zero-order valence-corrected chi connectivity index (χ0v) is 14.2. The lowest BCUT2D eigenvalue weighted by Crippen LogP contribution is -2.23. The van der Waals surface area contributed by atoms with Crippen LogP contribution in [0.3, 0.4) is 0 Å². The van der Waals surface area contributed by atoms with Gasteiger partial charge in [0.15, 0.2) is 0 Å². The van der Waals surface area contributed by atoms with Crippen LogP contribution in [0.5, 0.6) is 11.5 Å². The Morgan fingerprint density at radius 3 is 2.04 bits per heavy atom. The number of carbonyl (C=O) groups is 1. The van der Waals surface area contributed by atoms with Crippen molar-refractivity contribution in [2.75, 3.05) is 32.6 Å². The van der Waals surface area contributed by atoms with E-state index in [1.807, 2.05) is 36.4 Å². The van der Waals surface area contributed by atoms with Gasteiger partial charge in [0.05, 0.1) is 14.2 Å². The van der Waals surface area contributed by atoms with E-state index in [1.165, 1.54) is 5.56 Å². The maximum absolute atomic E-state index is 11.9. The lowest BCUT2D eigenvalue weighted by Gasteiger charge is -2.08. The molecule has 128 valence electrons. The highest BCUT2D eigenvalue weighted by Crippen LogP contribution is 2.15. The van der Waals surface area contributed by atoms with Crippen molar-refractivity contribution in [3.63, 3.8) is 0 Å². The molecule has 0 saturated carbocycles. The van der Waals surface area contributed by atoms with E-state index in [1.54, 1.807) is 14.2 Å². The van der Waals surface area contributed by atoms with Crippen molar-refractivity contribution in [1.82, 2.24) is 5.32 Å². The number of anilines is 1. The Kier molecular flexibility index (Phi) is 7.11. The second kappa shape index (κ2) is 9.57. The molecule has 1 amide bonds. The van der Waals surface area contributed by atoms with Gasteiger partial charge in [-0.25, -0.2) is 0 Å². The average Bonchev–Trinajstić information content (AvgIpc) is 2.62. The number of ether oxygens (including phenoxy) is 2. The molecular weight excluding hydrogens is 304 g/mol. The smallest absolute Gasteiger partial charge is 0.225 e. The highest BCUT2D eigenvalue weighted by Gasteiger charge is 2.02. The lowest BCUT2D eigenvalue weighted by molar-refractivity contribution is -0.116. The molecule has 0 aliphatic carbocycles. The van der Waals surface area contributed by atoms with E-state index in [9.17, 15) is 4.79 Å². The highest BCUT2D eigenvalue weighted by molar-refractivity contribution is 5.90. The summed E-state index contributed by atoms with van der Waals surface area (Å²) in [7, 11) is 3.28. The molecule has 2 aromatic rings. The Morgan fingerprint density at radius 2 is 1.46 bits per heavy atom. The number of benzene rings is 2. The van der Waals surface area contributed by atoms with Gasteiger partial charge in [-0.15, -0.1) is 0 Å². The summed E-state index contributed by atoms with van der Waals surface area (Å²) in [4.78, 5) is 11.9. The Morgan fingerprint density at radius 1 is 0.875 bits per heavy atom. The molecule has 0 atom stereocenters. The predicted octanol–water partition coefficient (Wildman–Crippen LogP) is 2.86. The first-order valence-corrected chi connectivity index (χ1v) is 7.99. The van der Waals surface area contributed by atoms with Crippen LogP contribution in [-0.2, 0) is 11.2 Å². The first kappa shape index (κ1) is 17.8. The van der Waals surface area contributed by atoms with E-state index < -0.39 is 0 Å². The summed E-state index contributed by atoms with van der Waals surface area (Å²) in [5.41, 5.74) is 2.02. The second-order valence-electron chi connectivity index (χ2n) is 5.37. The van der Waals surface area contributed by atoms with Crippen molar-refractivity contribution in [2.45, 2.75) is 12.8 Å². The van der Waals surface area contributed by atoms with Gasteiger partial charge in [-0.3, -0.25) is 4.79 Å². The second-order valence-corrected chi connectivity index (χ2v) is 5.37. The fourth-order valence-electron chi connectivity index (χ4n) is 2.25. The maximum Gasteiger partial charge on any atom is 0.225 e. The summed E-state index contributed by atoms with van der Waals surface area (Å²) in [5, 5.41) is 6.15. The third-order valence-corrected chi connectivity index (χ3v) is 3.65. The van der Waals surface area contributed by atoms with Crippen LogP contribution in [0.1, 0.15) is 12.0 Å². The van der Waals surface area contributed by atoms with Gasteiger partial charge in [0, 0.05) is 18.7 Å². The SMILES string of the molecule is COc1ccc(CCNCCC(=O)Nc2ccc(OC)cc2)cc1. The normalized spacial score (nSPS) is 10.2. The largest absolute Gasteiger partial charge is 0.497 e. The molecular formula is C19H24N2O3. The van der Waals surface area contributed by atoms with Crippen molar-refractivity contribution in [3.8, 4) is 11.5 Å². The molecule has 0 radical (unpaired) electrons. The van der Waals surface area contributed by atoms with Crippen LogP contribution in [0.25, 0.3) is 0 Å². The Bertz CT molecular complexity index is 624. The third kappa shape index (κ3) is 5.93. The van der Waals surface area contributed by atoms with Gasteiger partial charge in [-0.2, -0.15) is 0 Å². The molecule has 0 bridgehead atoms. The molecule has 0 unspecified atom stereocenters. The molecule has 0 heterocycles. The zero-order chi connectivity index (χ0) is 17.2. The van der Waals surface area contributed by atoms with E-state index in [0.29, 0.717) is 13.0 Å². The lowest BCUT2D eigenvalue weighted by atomic mass is 10.1. The summed E-state index contributed by atoms with van der Waals surface area (Å²) in [5.74, 6) is 1.63. The number of hydrogen-bond donors (Lipinski definition) is 2. The summed E-state index contributed by atoms with van der Waals surface area (Å²) >= 11 is 0. The number of nitrogens with one attached hydrogen (secondary N) is 2. The van der Waals surface area contributed by atoms with Crippen LogP contribution < -0.4 is 20.1 Å². The van der Waals surface area contributed by atoms with Crippen molar-refractivity contribution >= 4 is 11.6 Å². The van der Waals surface area contributed by atoms with Crippen LogP contribution >= 0.6 is 0 Å². The summed E-state index contributed by atoms with van der Waals surface area (Å²) < 4.78 is 10.2. The van der Waals surface area contributed by atoms with Gasteiger partial charge in [-0.1, -0.05) is 12.1 Å². The standard InChI is InChI=1S/C19H24N2O3/c1-23-17-7-3-15(4-8-17)11-13-20-14-12-19(22)21-16-5-9-18(24-2)10-6-16/h3-10,20H,11-14H2,1-2H3,(H,21,22). The molecule has 0 aliphatic heterocycles. The minimum atomic E-state index is -0.00267. The van der Waals surface area contributed by atoms with Crippen LogP contribution in [0, 0.1) is 0 Å². The van der Waals surface area contributed by atoms with Crippen LogP contribution in [0.2, 0.25) is 0 Å². The topological polar surface area (TPSA) is 59.6 Å². The Hall–Kier alpha value is -2.53. The van der Waals surface area contributed by atoms with Gasteiger partial charge in [0.25, 0.3) is 0 Å². The van der Waals surface area contributed by atoms with Crippen molar-refractivity contribution in [2.24, 2.45) is 0 Å². The monoisotopic (exact) mass is 328 g/mol. The first-order valence-electron chi connectivity index (χ1n) is 7.99. The summed E-state index contributed by atoms with van der Waals surface area (Å²) in [6.07, 6.45) is 1.36. The quantitative estimate of drug-likeness (QED) is 0.695. The Labute approximate surface area is 143 Å². The van der Waals surface area contributed by atoms with Gasteiger partial charge >= 0.3 is 0 Å².